The van der Waals surface area contributed by atoms with Crippen LogP contribution in [0.15, 0.2) is 42.7 Å². The molecule has 134 valence electrons. The van der Waals surface area contributed by atoms with Crippen LogP contribution >= 0.6 is 11.6 Å². The van der Waals surface area contributed by atoms with E-state index in [0.717, 1.165) is 36.7 Å². The molecule has 1 saturated heterocycles. The number of nitrogens with one attached hydrogen (secondary N) is 1. The van der Waals surface area contributed by atoms with Crippen molar-refractivity contribution in [1.29, 1.82) is 0 Å². The molecular weight excluding hydrogens is 352 g/mol. The van der Waals surface area contributed by atoms with Crippen LogP contribution in [0, 0.1) is 5.92 Å². The number of carbonyl (C=O) groups excluding carboxylic acids is 1. The Morgan fingerprint density at radius 2 is 2.19 bits per heavy atom. The van der Waals surface area contributed by atoms with Gasteiger partial charge in [0.05, 0.1) is 23.2 Å². The van der Waals surface area contributed by atoms with Gasteiger partial charge in [-0.05, 0) is 37.1 Å². The van der Waals surface area contributed by atoms with Gasteiger partial charge in [0.2, 0.25) is 11.9 Å². The summed E-state index contributed by atoms with van der Waals surface area (Å²) in [6.45, 7) is 1.90. The summed E-state index contributed by atoms with van der Waals surface area (Å²) in [5.41, 5.74) is 1.60. The summed E-state index contributed by atoms with van der Waals surface area (Å²) in [7, 11) is 0. The second-order valence-electron chi connectivity index (χ2n) is 6.40. The van der Waals surface area contributed by atoms with E-state index in [4.69, 9.17) is 11.6 Å². The lowest BCUT2D eigenvalue weighted by molar-refractivity contribution is -0.125. The van der Waals surface area contributed by atoms with Gasteiger partial charge in [-0.3, -0.25) is 14.2 Å². The van der Waals surface area contributed by atoms with Gasteiger partial charge in [-0.2, -0.15) is 0 Å². The van der Waals surface area contributed by atoms with E-state index in [2.05, 4.69) is 25.4 Å². The van der Waals surface area contributed by atoms with Crippen LogP contribution in [0.5, 0.6) is 0 Å². The van der Waals surface area contributed by atoms with E-state index in [1.807, 2.05) is 28.7 Å². The molecule has 1 N–H and O–H groups in total. The zero-order valence-corrected chi connectivity index (χ0v) is 14.9. The molecule has 0 bridgehead atoms. The standard InChI is InChI=1S/C18H19ClN6O/c19-14-6-7-16-22-23-18(25(16)12-14)24-9-3-4-13(11-24)17(26)21-10-15-5-1-2-8-20-15/h1-2,5-8,12-13H,3-4,9-11H2,(H,21,26). The third-order valence-electron chi connectivity index (χ3n) is 4.59. The fraction of sp³-hybridized carbons (Fsp3) is 0.333. The fourth-order valence-corrected chi connectivity index (χ4v) is 3.43. The first-order valence-corrected chi connectivity index (χ1v) is 9.01. The Bertz CT molecular complexity index is 912. The maximum atomic E-state index is 12.6. The van der Waals surface area contributed by atoms with Gasteiger partial charge in [0.25, 0.3) is 0 Å². The van der Waals surface area contributed by atoms with Gasteiger partial charge in [0, 0.05) is 25.5 Å². The van der Waals surface area contributed by atoms with E-state index >= 15 is 0 Å². The average molecular weight is 371 g/mol. The molecule has 7 nitrogen and oxygen atoms in total. The molecule has 3 aromatic rings. The Morgan fingerprint density at radius 1 is 1.27 bits per heavy atom. The fourth-order valence-electron chi connectivity index (χ4n) is 3.27. The first-order chi connectivity index (χ1) is 12.7. The molecular formula is C18H19ClN6O. The second-order valence-corrected chi connectivity index (χ2v) is 6.84. The van der Waals surface area contributed by atoms with E-state index < -0.39 is 0 Å². The summed E-state index contributed by atoms with van der Waals surface area (Å²) >= 11 is 6.10. The minimum atomic E-state index is -0.0843. The van der Waals surface area contributed by atoms with Crippen molar-refractivity contribution in [3.63, 3.8) is 0 Å². The molecule has 4 rings (SSSR count). The number of fused-ring (bicyclic) bond motifs is 1. The van der Waals surface area contributed by atoms with Crippen LogP contribution in [-0.2, 0) is 11.3 Å². The minimum absolute atomic E-state index is 0.0483. The molecule has 0 saturated carbocycles. The average Bonchev–Trinajstić information content (AvgIpc) is 3.10. The predicted molar refractivity (Wildman–Crippen MR) is 99.0 cm³/mol. The highest BCUT2D eigenvalue weighted by molar-refractivity contribution is 6.30. The highest BCUT2D eigenvalue weighted by Gasteiger charge is 2.28. The van der Waals surface area contributed by atoms with Gasteiger partial charge in [0.15, 0.2) is 5.65 Å². The third kappa shape index (κ3) is 3.48. The number of amides is 1. The smallest absolute Gasteiger partial charge is 0.231 e. The number of hydrogen-bond donors (Lipinski definition) is 1. The van der Waals surface area contributed by atoms with Crippen LogP contribution in [0.25, 0.3) is 5.65 Å². The lowest BCUT2D eigenvalue weighted by Gasteiger charge is -2.32. The molecule has 8 heteroatoms. The number of piperidine rings is 1. The molecule has 1 amide bonds. The SMILES string of the molecule is O=C(NCc1ccccn1)C1CCCN(c2nnc3ccc(Cl)cn23)C1. The molecule has 1 atom stereocenters. The monoisotopic (exact) mass is 370 g/mol. The van der Waals surface area contributed by atoms with E-state index in [0.29, 0.717) is 18.1 Å². The van der Waals surface area contributed by atoms with Crippen molar-refractivity contribution >= 4 is 29.1 Å². The number of nitrogens with zero attached hydrogens (tertiary/aromatic N) is 5. The molecule has 0 aliphatic carbocycles. The largest absolute Gasteiger partial charge is 0.350 e. The van der Waals surface area contributed by atoms with Gasteiger partial charge >= 0.3 is 0 Å². The Morgan fingerprint density at radius 3 is 3.04 bits per heavy atom. The summed E-state index contributed by atoms with van der Waals surface area (Å²) < 4.78 is 1.87. The molecule has 1 unspecified atom stereocenters. The zero-order valence-electron chi connectivity index (χ0n) is 14.2. The lowest BCUT2D eigenvalue weighted by Crippen LogP contribution is -2.43. The first-order valence-electron chi connectivity index (χ1n) is 8.63. The summed E-state index contributed by atoms with van der Waals surface area (Å²) in [4.78, 5) is 18.9. The van der Waals surface area contributed by atoms with E-state index in [9.17, 15) is 4.79 Å². The van der Waals surface area contributed by atoms with Crippen molar-refractivity contribution in [2.75, 3.05) is 18.0 Å². The quantitative estimate of drug-likeness (QED) is 0.762. The highest BCUT2D eigenvalue weighted by atomic mass is 35.5. The zero-order chi connectivity index (χ0) is 17.9. The molecule has 1 aliphatic rings. The maximum absolute atomic E-state index is 12.6. The topological polar surface area (TPSA) is 75.4 Å². The summed E-state index contributed by atoms with van der Waals surface area (Å²) in [5, 5.41) is 12.1. The third-order valence-corrected chi connectivity index (χ3v) is 4.82. The lowest BCUT2D eigenvalue weighted by atomic mass is 9.97. The van der Waals surface area contributed by atoms with Crippen molar-refractivity contribution in [3.8, 4) is 0 Å². The number of anilines is 1. The Kier molecular flexibility index (Phi) is 4.71. The number of rotatable bonds is 4. The molecule has 26 heavy (non-hydrogen) atoms. The van der Waals surface area contributed by atoms with Crippen molar-refractivity contribution in [2.45, 2.75) is 19.4 Å². The summed E-state index contributed by atoms with van der Waals surface area (Å²) in [6, 6.07) is 9.30. The van der Waals surface area contributed by atoms with Crippen molar-refractivity contribution in [1.82, 2.24) is 24.9 Å². The van der Waals surface area contributed by atoms with Gasteiger partial charge in [-0.1, -0.05) is 17.7 Å². The first kappa shape index (κ1) is 16.8. The summed E-state index contributed by atoms with van der Waals surface area (Å²) in [6.07, 6.45) is 5.32. The van der Waals surface area contributed by atoms with E-state index in [1.54, 1.807) is 18.5 Å². The Hall–Kier alpha value is -2.67. The number of hydrogen-bond acceptors (Lipinski definition) is 5. The van der Waals surface area contributed by atoms with Crippen molar-refractivity contribution < 1.29 is 4.79 Å². The molecule has 0 radical (unpaired) electrons. The van der Waals surface area contributed by atoms with Gasteiger partial charge in [-0.25, -0.2) is 0 Å². The second kappa shape index (κ2) is 7.29. The van der Waals surface area contributed by atoms with Crippen LogP contribution in [0.2, 0.25) is 5.02 Å². The number of aromatic nitrogens is 4. The van der Waals surface area contributed by atoms with Gasteiger partial charge in [-0.15, -0.1) is 10.2 Å². The highest BCUT2D eigenvalue weighted by Crippen LogP contribution is 2.23. The van der Waals surface area contributed by atoms with Crippen LogP contribution in [0.1, 0.15) is 18.5 Å². The Labute approximate surface area is 156 Å². The molecule has 4 heterocycles. The van der Waals surface area contributed by atoms with Crippen LogP contribution in [-0.4, -0.2) is 38.6 Å². The molecule has 1 aliphatic heterocycles. The van der Waals surface area contributed by atoms with E-state index in [-0.39, 0.29) is 11.8 Å². The number of carbonyl (C=O) groups is 1. The Balaban J connectivity index is 1.45. The maximum Gasteiger partial charge on any atom is 0.231 e. The number of pyridine rings is 2. The number of halogens is 1. The van der Waals surface area contributed by atoms with Crippen LogP contribution in [0.4, 0.5) is 5.95 Å². The van der Waals surface area contributed by atoms with E-state index in [1.165, 1.54) is 0 Å². The van der Waals surface area contributed by atoms with Crippen LogP contribution < -0.4 is 10.2 Å². The van der Waals surface area contributed by atoms with Crippen LogP contribution in [0.3, 0.4) is 0 Å². The predicted octanol–water partition coefficient (Wildman–Crippen LogP) is 2.31. The molecule has 0 spiro atoms. The summed E-state index contributed by atoms with van der Waals surface area (Å²) in [5.74, 6) is 0.691. The normalized spacial score (nSPS) is 17.4. The van der Waals surface area contributed by atoms with Gasteiger partial charge < -0.3 is 10.2 Å². The molecule has 3 aromatic heterocycles. The van der Waals surface area contributed by atoms with Crippen molar-refractivity contribution in [2.24, 2.45) is 5.92 Å². The molecule has 0 aromatic carbocycles. The van der Waals surface area contributed by atoms with Crippen molar-refractivity contribution in [3.05, 3.63) is 53.4 Å². The van der Waals surface area contributed by atoms with Gasteiger partial charge in [0.1, 0.15) is 0 Å². The minimum Gasteiger partial charge on any atom is -0.350 e. The molecule has 1 fully saturated rings.